The molecule has 1 aromatic heterocycles. The number of hydrogen-bond acceptors (Lipinski definition) is 4. The second-order valence-electron chi connectivity index (χ2n) is 4.49. The largest absolute Gasteiger partial charge is 0.487 e. The Labute approximate surface area is 109 Å². The zero-order valence-electron chi connectivity index (χ0n) is 11.6. The molecule has 0 radical (unpaired) electrons. The molecule has 0 bridgehead atoms. The topological polar surface area (TPSA) is 34.6 Å². The van der Waals surface area contributed by atoms with Crippen molar-refractivity contribution in [3.05, 3.63) is 17.8 Å². The van der Waals surface area contributed by atoms with Crippen molar-refractivity contribution < 1.29 is 9.47 Å². The van der Waals surface area contributed by atoms with Crippen molar-refractivity contribution >= 4 is 5.82 Å². The molecular weight excluding hydrogens is 228 g/mol. The Kier molecular flexibility index (Phi) is 4.07. The molecule has 2 aliphatic heterocycles. The van der Waals surface area contributed by atoms with E-state index in [0.717, 1.165) is 36.7 Å². The summed E-state index contributed by atoms with van der Waals surface area (Å²) in [5.41, 5.74) is 1.16. The molecular formula is C14H22N2O2. The highest BCUT2D eigenvalue weighted by Crippen LogP contribution is 2.38. The third kappa shape index (κ3) is 2.17. The van der Waals surface area contributed by atoms with Crippen LogP contribution in [0.15, 0.2) is 12.3 Å². The van der Waals surface area contributed by atoms with Gasteiger partial charge in [0.15, 0.2) is 11.6 Å². The minimum atomic E-state index is 0.307. The van der Waals surface area contributed by atoms with E-state index in [9.17, 15) is 0 Å². The van der Waals surface area contributed by atoms with Gasteiger partial charge in [-0.25, -0.2) is 4.98 Å². The van der Waals surface area contributed by atoms with Crippen molar-refractivity contribution in [1.29, 1.82) is 0 Å². The maximum absolute atomic E-state index is 5.80. The average molecular weight is 250 g/mol. The lowest BCUT2D eigenvalue weighted by atomic mass is 10.1. The lowest BCUT2D eigenvalue weighted by molar-refractivity contribution is 0.116. The van der Waals surface area contributed by atoms with Gasteiger partial charge in [0.05, 0.1) is 12.1 Å². The fourth-order valence-corrected chi connectivity index (χ4v) is 2.55. The summed E-state index contributed by atoms with van der Waals surface area (Å²) in [6, 6.07) is 2.41. The normalized spacial score (nSPS) is 24.6. The number of aryl methyl sites for hydroxylation is 1. The molecule has 3 rings (SSSR count). The van der Waals surface area contributed by atoms with Crippen LogP contribution < -0.4 is 9.64 Å². The maximum atomic E-state index is 5.80. The number of ether oxygens (including phenoxy) is 2. The third-order valence-corrected chi connectivity index (χ3v) is 3.48. The van der Waals surface area contributed by atoms with Gasteiger partial charge in [0, 0.05) is 19.9 Å². The summed E-state index contributed by atoms with van der Waals surface area (Å²) in [6.45, 7) is 7.73. The van der Waals surface area contributed by atoms with E-state index in [1.165, 1.54) is 0 Å². The van der Waals surface area contributed by atoms with Gasteiger partial charge in [0.1, 0.15) is 6.61 Å². The Balaban J connectivity index is 0.000000574. The fourth-order valence-electron chi connectivity index (χ4n) is 2.55. The Morgan fingerprint density at radius 2 is 2.22 bits per heavy atom. The number of fused-ring (bicyclic) bond motifs is 3. The third-order valence-electron chi connectivity index (χ3n) is 3.48. The van der Waals surface area contributed by atoms with Crippen LogP contribution in [0, 0.1) is 6.92 Å². The number of aromatic nitrogens is 1. The molecule has 0 spiro atoms. The number of nitrogens with zero attached hydrogens (tertiary/aromatic N) is 2. The Morgan fingerprint density at radius 1 is 1.44 bits per heavy atom. The molecule has 1 fully saturated rings. The first-order chi connectivity index (χ1) is 8.79. The number of pyridine rings is 1. The minimum Gasteiger partial charge on any atom is -0.487 e. The van der Waals surface area contributed by atoms with Crippen LogP contribution in [0.5, 0.6) is 5.75 Å². The van der Waals surface area contributed by atoms with Crippen LogP contribution in [0.4, 0.5) is 5.82 Å². The highest BCUT2D eigenvalue weighted by molar-refractivity contribution is 5.59. The molecule has 0 aromatic carbocycles. The van der Waals surface area contributed by atoms with Gasteiger partial charge >= 0.3 is 0 Å². The lowest BCUT2D eigenvalue weighted by Crippen LogP contribution is -2.39. The fraction of sp³-hybridized carbons (Fsp3) is 0.643. The van der Waals surface area contributed by atoms with Crippen molar-refractivity contribution in [2.75, 3.05) is 25.2 Å². The van der Waals surface area contributed by atoms with Crippen LogP contribution in [-0.4, -0.2) is 37.4 Å². The summed E-state index contributed by atoms with van der Waals surface area (Å²) in [4.78, 5) is 6.76. The van der Waals surface area contributed by atoms with Crippen LogP contribution in [0.3, 0.4) is 0 Å². The molecule has 0 aliphatic carbocycles. The van der Waals surface area contributed by atoms with E-state index in [1.807, 2.05) is 26.1 Å². The van der Waals surface area contributed by atoms with Gasteiger partial charge in [-0.3, -0.25) is 0 Å². The van der Waals surface area contributed by atoms with Gasteiger partial charge in [0.2, 0.25) is 0 Å². The number of hydrogen-bond donors (Lipinski definition) is 0. The Bertz CT molecular complexity index is 409. The molecule has 1 saturated heterocycles. The van der Waals surface area contributed by atoms with E-state index in [0.29, 0.717) is 12.1 Å². The molecule has 100 valence electrons. The predicted molar refractivity (Wildman–Crippen MR) is 72.4 cm³/mol. The summed E-state index contributed by atoms with van der Waals surface area (Å²) < 4.78 is 11.2. The van der Waals surface area contributed by atoms with E-state index in [4.69, 9.17) is 9.47 Å². The molecule has 0 saturated carbocycles. The lowest BCUT2D eigenvalue weighted by Gasteiger charge is -2.32. The second-order valence-corrected chi connectivity index (χ2v) is 4.49. The quantitative estimate of drug-likeness (QED) is 0.766. The number of anilines is 1. The highest BCUT2D eigenvalue weighted by atomic mass is 16.5. The summed E-state index contributed by atoms with van der Waals surface area (Å²) in [6.07, 6.45) is 3.19. The molecule has 18 heavy (non-hydrogen) atoms. The Hall–Kier alpha value is -1.29. The highest BCUT2D eigenvalue weighted by Gasteiger charge is 2.38. The minimum absolute atomic E-state index is 0.307. The van der Waals surface area contributed by atoms with E-state index in [2.05, 4.69) is 16.8 Å². The summed E-state index contributed by atoms with van der Waals surface area (Å²) in [5, 5.41) is 0. The SMILES string of the molecule is CC.COC1CC2COc3c(C)ccnc3N2C1. The van der Waals surface area contributed by atoms with E-state index < -0.39 is 0 Å². The van der Waals surface area contributed by atoms with E-state index in [1.54, 1.807) is 7.11 Å². The molecule has 0 amide bonds. The van der Waals surface area contributed by atoms with Gasteiger partial charge in [-0.15, -0.1) is 0 Å². The van der Waals surface area contributed by atoms with Crippen LogP contribution in [0.25, 0.3) is 0 Å². The molecule has 2 aliphatic rings. The average Bonchev–Trinajstić information content (AvgIpc) is 2.85. The Morgan fingerprint density at radius 3 is 2.94 bits per heavy atom. The zero-order valence-corrected chi connectivity index (χ0v) is 11.6. The predicted octanol–water partition coefficient (Wildman–Crippen LogP) is 2.40. The van der Waals surface area contributed by atoms with Crippen molar-refractivity contribution in [1.82, 2.24) is 4.98 Å². The van der Waals surface area contributed by atoms with Crippen LogP contribution in [0.1, 0.15) is 25.8 Å². The monoisotopic (exact) mass is 250 g/mol. The molecule has 2 atom stereocenters. The first kappa shape index (κ1) is 13.1. The molecule has 3 heterocycles. The van der Waals surface area contributed by atoms with Gasteiger partial charge in [-0.2, -0.15) is 0 Å². The van der Waals surface area contributed by atoms with Crippen LogP contribution >= 0.6 is 0 Å². The molecule has 1 aromatic rings. The van der Waals surface area contributed by atoms with Crippen LogP contribution in [-0.2, 0) is 4.74 Å². The molecule has 0 N–H and O–H groups in total. The summed E-state index contributed by atoms with van der Waals surface area (Å²) >= 11 is 0. The van der Waals surface area contributed by atoms with Gasteiger partial charge in [-0.05, 0) is 25.0 Å². The molecule has 2 unspecified atom stereocenters. The summed E-state index contributed by atoms with van der Waals surface area (Å²) in [7, 11) is 1.77. The van der Waals surface area contributed by atoms with Gasteiger partial charge < -0.3 is 14.4 Å². The molecule has 4 nitrogen and oxygen atoms in total. The van der Waals surface area contributed by atoms with Crippen molar-refractivity contribution in [3.63, 3.8) is 0 Å². The second kappa shape index (κ2) is 5.57. The number of rotatable bonds is 1. The summed E-state index contributed by atoms with van der Waals surface area (Å²) in [5.74, 6) is 1.92. The van der Waals surface area contributed by atoms with Gasteiger partial charge in [-0.1, -0.05) is 13.8 Å². The van der Waals surface area contributed by atoms with Crippen molar-refractivity contribution in [2.45, 2.75) is 39.3 Å². The van der Waals surface area contributed by atoms with Crippen LogP contribution in [0.2, 0.25) is 0 Å². The number of methoxy groups -OCH3 is 1. The molecule has 4 heteroatoms. The smallest absolute Gasteiger partial charge is 0.172 e. The van der Waals surface area contributed by atoms with Crippen molar-refractivity contribution in [2.24, 2.45) is 0 Å². The van der Waals surface area contributed by atoms with E-state index in [-0.39, 0.29) is 0 Å². The first-order valence-electron chi connectivity index (χ1n) is 6.67. The van der Waals surface area contributed by atoms with Crippen molar-refractivity contribution in [3.8, 4) is 5.75 Å². The zero-order chi connectivity index (χ0) is 13.1. The van der Waals surface area contributed by atoms with Gasteiger partial charge in [0.25, 0.3) is 0 Å². The first-order valence-corrected chi connectivity index (χ1v) is 6.67. The maximum Gasteiger partial charge on any atom is 0.172 e. The standard InChI is InChI=1S/C12H16N2O2.C2H6/c1-8-3-4-13-12-11(8)16-7-9-5-10(15-2)6-14(9)12;1-2/h3-4,9-10H,5-7H2,1-2H3;1-2H3. The van der Waals surface area contributed by atoms with E-state index >= 15 is 0 Å².